The fourth-order valence-electron chi connectivity index (χ4n) is 3.54. The summed E-state index contributed by atoms with van der Waals surface area (Å²) in [6.45, 7) is 1.92. The summed E-state index contributed by atoms with van der Waals surface area (Å²) in [6.07, 6.45) is 3.60. The van der Waals surface area contributed by atoms with Gasteiger partial charge in [-0.05, 0) is 49.6 Å². The molecule has 1 fully saturated rings. The molecule has 1 aliphatic rings. The van der Waals surface area contributed by atoms with Crippen molar-refractivity contribution >= 4 is 15.8 Å². The van der Waals surface area contributed by atoms with E-state index in [-0.39, 0.29) is 16.7 Å². The second kappa shape index (κ2) is 8.23. The third-order valence-electron chi connectivity index (χ3n) is 5.05. The van der Waals surface area contributed by atoms with E-state index in [1.54, 1.807) is 29.6 Å². The molecule has 6 heteroatoms. The number of nitrogens with zero attached hydrogens (tertiary/aromatic N) is 1. The van der Waals surface area contributed by atoms with Gasteiger partial charge in [0.15, 0.2) is 5.78 Å². The van der Waals surface area contributed by atoms with Crippen molar-refractivity contribution in [2.24, 2.45) is 0 Å². The van der Waals surface area contributed by atoms with Crippen LogP contribution in [0.2, 0.25) is 0 Å². The van der Waals surface area contributed by atoms with Gasteiger partial charge in [-0.3, -0.25) is 4.79 Å². The minimum Gasteiger partial charge on any atom is -0.497 e. The molecule has 2 aromatic carbocycles. The summed E-state index contributed by atoms with van der Waals surface area (Å²) >= 11 is 0. The zero-order valence-corrected chi connectivity index (χ0v) is 16.5. The maximum Gasteiger partial charge on any atom is 0.243 e. The number of ether oxygens (including phenoxy) is 1. The van der Waals surface area contributed by atoms with Crippen molar-refractivity contribution in [1.29, 1.82) is 0 Å². The van der Waals surface area contributed by atoms with Crippen LogP contribution in [0.1, 0.15) is 54.6 Å². The average molecular weight is 388 g/mol. The van der Waals surface area contributed by atoms with Crippen LogP contribution in [0.15, 0.2) is 53.4 Å². The highest BCUT2D eigenvalue weighted by Gasteiger charge is 2.33. The van der Waals surface area contributed by atoms with E-state index in [1.165, 1.54) is 13.0 Å². The highest BCUT2D eigenvalue weighted by molar-refractivity contribution is 7.89. The monoisotopic (exact) mass is 387 g/mol. The lowest BCUT2D eigenvalue weighted by Gasteiger charge is -2.29. The summed E-state index contributed by atoms with van der Waals surface area (Å²) < 4.78 is 33.6. The average Bonchev–Trinajstić information content (AvgIpc) is 2.95. The second-order valence-electron chi connectivity index (χ2n) is 6.84. The first-order valence-corrected chi connectivity index (χ1v) is 10.6. The Morgan fingerprint density at radius 3 is 2.48 bits per heavy atom. The first-order valence-electron chi connectivity index (χ1n) is 9.20. The minimum absolute atomic E-state index is 0.144. The normalized spacial score (nSPS) is 18.7. The Labute approximate surface area is 161 Å². The van der Waals surface area contributed by atoms with Crippen LogP contribution in [0.3, 0.4) is 0 Å². The van der Waals surface area contributed by atoms with Gasteiger partial charge >= 0.3 is 0 Å². The SMILES string of the molecule is COc1ccc(C2CCCCCN2S(=O)(=O)c2cccc(C(C)=O)c2)cc1. The summed E-state index contributed by atoms with van der Waals surface area (Å²) in [5, 5.41) is 0. The van der Waals surface area contributed by atoms with Gasteiger partial charge in [-0.15, -0.1) is 0 Å². The molecule has 1 aliphatic heterocycles. The van der Waals surface area contributed by atoms with Crippen molar-refractivity contribution in [1.82, 2.24) is 4.31 Å². The van der Waals surface area contributed by atoms with Crippen molar-refractivity contribution in [2.75, 3.05) is 13.7 Å². The zero-order chi connectivity index (χ0) is 19.4. The number of rotatable bonds is 5. The Balaban J connectivity index is 2.01. The van der Waals surface area contributed by atoms with Crippen LogP contribution < -0.4 is 4.74 Å². The minimum atomic E-state index is -3.70. The van der Waals surface area contributed by atoms with E-state index in [0.29, 0.717) is 12.1 Å². The molecule has 0 aromatic heterocycles. The van der Waals surface area contributed by atoms with Crippen LogP contribution >= 0.6 is 0 Å². The molecule has 144 valence electrons. The molecule has 0 N–H and O–H groups in total. The number of hydrogen-bond acceptors (Lipinski definition) is 4. The lowest BCUT2D eigenvalue weighted by molar-refractivity contribution is 0.101. The molecule has 0 saturated carbocycles. The van der Waals surface area contributed by atoms with Crippen molar-refractivity contribution in [3.8, 4) is 5.75 Å². The van der Waals surface area contributed by atoms with E-state index in [9.17, 15) is 13.2 Å². The van der Waals surface area contributed by atoms with E-state index >= 15 is 0 Å². The molecule has 0 radical (unpaired) electrons. The van der Waals surface area contributed by atoms with Crippen LogP contribution in [0.5, 0.6) is 5.75 Å². The van der Waals surface area contributed by atoms with Gasteiger partial charge in [-0.2, -0.15) is 4.31 Å². The Bertz CT molecular complexity index is 906. The molecule has 0 spiro atoms. The molecule has 1 unspecified atom stereocenters. The molecule has 3 rings (SSSR count). The number of ketones is 1. The molecule has 0 bridgehead atoms. The summed E-state index contributed by atoms with van der Waals surface area (Å²) in [4.78, 5) is 11.9. The molecule has 1 atom stereocenters. The Hall–Kier alpha value is -2.18. The number of Topliss-reactive ketones (excluding diaryl/α,β-unsaturated/α-hetero) is 1. The topological polar surface area (TPSA) is 63.7 Å². The fraction of sp³-hybridized carbons (Fsp3) is 0.381. The quantitative estimate of drug-likeness (QED) is 0.721. The third kappa shape index (κ3) is 4.22. The first kappa shape index (κ1) is 19.6. The van der Waals surface area contributed by atoms with Gasteiger partial charge in [-0.1, -0.05) is 37.1 Å². The Kier molecular flexibility index (Phi) is 5.97. The third-order valence-corrected chi connectivity index (χ3v) is 6.96. The van der Waals surface area contributed by atoms with Gasteiger partial charge in [0.2, 0.25) is 10.0 Å². The van der Waals surface area contributed by atoms with Crippen LogP contribution in [-0.2, 0) is 10.0 Å². The van der Waals surface area contributed by atoms with Crippen LogP contribution in [0.25, 0.3) is 0 Å². The molecule has 0 amide bonds. The first-order chi connectivity index (χ1) is 12.9. The van der Waals surface area contributed by atoms with E-state index in [0.717, 1.165) is 37.0 Å². The maximum absolute atomic E-state index is 13.4. The molecule has 5 nitrogen and oxygen atoms in total. The van der Waals surface area contributed by atoms with Crippen LogP contribution in [0, 0.1) is 0 Å². The molecule has 0 aliphatic carbocycles. The lowest BCUT2D eigenvalue weighted by atomic mass is 10.0. The summed E-state index contributed by atoms with van der Waals surface area (Å²) in [7, 11) is -2.09. The van der Waals surface area contributed by atoms with Crippen LogP contribution in [0.4, 0.5) is 0 Å². The van der Waals surface area contributed by atoms with E-state index in [1.807, 2.05) is 24.3 Å². The molecule has 27 heavy (non-hydrogen) atoms. The van der Waals surface area contributed by atoms with Crippen molar-refractivity contribution in [3.63, 3.8) is 0 Å². The number of carbonyl (C=O) groups excluding carboxylic acids is 1. The lowest BCUT2D eigenvalue weighted by Crippen LogP contribution is -2.35. The van der Waals surface area contributed by atoms with Gasteiger partial charge in [0.1, 0.15) is 5.75 Å². The van der Waals surface area contributed by atoms with Crippen molar-refractivity contribution < 1.29 is 17.9 Å². The highest BCUT2D eigenvalue weighted by atomic mass is 32.2. The molecular weight excluding hydrogens is 362 g/mol. The summed E-state index contributed by atoms with van der Waals surface area (Å²) in [5.74, 6) is 0.602. The van der Waals surface area contributed by atoms with E-state index in [4.69, 9.17) is 4.74 Å². The fourth-order valence-corrected chi connectivity index (χ4v) is 5.27. The summed E-state index contributed by atoms with van der Waals surface area (Å²) in [5.41, 5.74) is 1.37. The number of hydrogen-bond donors (Lipinski definition) is 0. The largest absolute Gasteiger partial charge is 0.497 e. The number of sulfonamides is 1. The Morgan fingerprint density at radius 1 is 1.07 bits per heavy atom. The molecule has 1 saturated heterocycles. The van der Waals surface area contributed by atoms with E-state index in [2.05, 4.69) is 0 Å². The zero-order valence-electron chi connectivity index (χ0n) is 15.7. The van der Waals surface area contributed by atoms with Crippen LogP contribution in [-0.4, -0.2) is 32.2 Å². The highest BCUT2D eigenvalue weighted by Crippen LogP contribution is 2.35. The van der Waals surface area contributed by atoms with Gasteiger partial charge in [0, 0.05) is 12.1 Å². The summed E-state index contributed by atoms with van der Waals surface area (Å²) in [6, 6.07) is 13.7. The molecule has 1 heterocycles. The van der Waals surface area contributed by atoms with Crippen molar-refractivity contribution in [2.45, 2.75) is 43.5 Å². The van der Waals surface area contributed by atoms with Gasteiger partial charge in [0.25, 0.3) is 0 Å². The number of carbonyl (C=O) groups is 1. The van der Waals surface area contributed by atoms with Gasteiger partial charge < -0.3 is 4.74 Å². The van der Waals surface area contributed by atoms with Crippen molar-refractivity contribution in [3.05, 3.63) is 59.7 Å². The Morgan fingerprint density at radius 2 is 1.81 bits per heavy atom. The molecular formula is C21H25NO4S. The second-order valence-corrected chi connectivity index (χ2v) is 8.73. The standard InChI is InChI=1S/C21H25NO4S/c1-16(23)18-7-6-8-20(15-18)27(24,25)22-14-5-3-4-9-21(22)17-10-12-19(26-2)13-11-17/h6-8,10-13,15,21H,3-5,9,14H2,1-2H3. The number of benzene rings is 2. The smallest absolute Gasteiger partial charge is 0.243 e. The van der Waals surface area contributed by atoms with Gasteiger partial charge in [0.05, 0.1) is 18.0 Å². The number of methoxy groups -OCH3 is 1. The van der Waals surface area contributed by atoms with E-state index < -0.39 is 10.0 Å². The van der Waals surface area contributed by atoms with Gasteiger partial charge in [-0.25, -0.2) is 8.42 Å². The molecule has 2 aromatic rings. The maximum atomic E-state index is 13.4. The predicted molar refractivity (Wildman–Crippen MR) is 105 cm³/mol. The predicted octanol–water partition coefficient (Wildman–Crippen LogP) is 4.20.